The first-order chi connectivity index (χ1) is 7.79. The first kappa shape index (κ1) is 10.9. The van der Waals surface area contributed by atoms with Crippen molar-refractivity contribution < 1.29 is 0 Å². The maximum atomic E-state index is 4.38. The van der Waals surface area contributed by atoms with Crippen LogP contribution in [0.3, 0.4) is 0 Å². The molecule has 0 amide bonds. The monoisotopic (exact) mass is 214 g/mol. The van der Waals surface area contributed by atoms with E-state index in [0.29, 0.717) is 0 Å². The highest BCUT2D eigenvalue weighted by Crippen LogP contribution is 2.08. The van der Waals surface area contributed by atoms with Crippen molar-refractivity contribution in [1.82, 2.24) is 9.55 Å². The maximum absolute atomic E-state index is 4.38. The Bertz CT molecular complexity index is 440. The lowest BCUT2D eigenvalue weighted by molar-refractivity contribution is 0.705. The number of hydrogen-bond donors (Lipinski definition) is 0. The van der Waals surface area contributed by atoms with E-state index < -0.39 is 0 Å². The maximum Gasteiger partial charge on any atom is 0.108 e. The van der Waals surface area contributed by atoms with Crippen molar-refractivity contribution in [3.8, 4) is 0 Å². The van der Waals surface area contributed by atoms with Crippen molar-refractivity contribution in [2.24, 2.45) is 0 Å². The van der Waals surface area contributed by atoms with Crippen molar-refractivity contribution in [3.05, 3.63) is 53.6 Å². The lowest BCUT2D eigenvalue weighted by atomic mass is 10.1. The molecular formula is C14H18N2. The Morgan fingerprint density at radius 3 is 2.62 bits per heavy atom. The van der Waals surface area contributed by atoms with Gasteiger partial charge in [-0.15, -0.1) is 0 Å². The van der Waals surface area contributed by atoms with E-state index >= 15 is 0 Å². The molecule has 2 nitrogen and oxygen atoms in total. The van der Waals surface area contributed by atoms with Crippen LogP contribution in [0.25, 0.3) is 0 Å². The fourth-order valence-electron chi connectivity index (χ4n) is 1.83. The molecule has 2 rings (SSSR count). The predicted octanol–water partition coefficient (Wildman–Crippen LogP) is 3.19. The van der Waals surface area contributed by atoms with Crippen molar-refractivity contribution in [2.75, 3.05) is 0 Å². The lowest BCUT2D eigenvalue weighted by Crippen LogP contribution is -2.04. The Balaban J connectivity index is 2.13. The molecule has 0 unspecified atom stereocenters. The molecule has 2 heteroatoms. The van der Waals surface area contributed by atoms with Gasteiger partial charge in [0.1, 0.15) is 5.82 Å². The number of hydrogen-bond acceptors (Lipinski definition) is 1. The zero-order valence-corrected chi connectivity index (χ0v) is 9.98. The number of benzene rings is 1. The number of nitrogens with zero attached hydrogens (tertiary/aromatic N) is 2. The van der Waals surface area contributed by atoms with E-state index in [9.17, 15) is 0 Å². The first-order valence-corrected chi connectivity index (χ1v) is 5.85. The Kier molecular flexibility index (Phi) is 3.40. The van der Waals surface area contributed by atoms with Crippen molar-refractivity contribution >= 4 is 0 Å². The molecule has 1 heterocycles. The Labute approximate surface area is 97.0 Å². The van der Waals surface area contributed by atoms with E-state index in [0.717, 1.165) is 19.4 Å². The van der Waals surface area contributed by atoms with Crippen LogP contribution in [0.2, 0.25) is 0 Å². The molecule has 0 spiro atoms. The van der Waals surface area contributed by atoms with E-state index in [-0.39, 0.29) is 0 Å². The zero-order valence-electron chi connectivity index (χ0n) is 9.98. The quantitative estimate of drug-likeness (QED) is 0.764. The minimum absolute atomic E-state index is 0.926. The van der Waals surface area contributed by atoms with Crippen molar-refractivity contribution in [1.29, 1.82) is 0 Å². The smallest absolute Gasteiger partial charge is 0.108 e. The highest BCUT2D eigenvalue weighted by atomic mass is 15.1. The summed E-state index contributed by atoms with van der Waals surface area (Å²) in [5, 5.41) is 0. The van der Waals surface area contributed by atoms with Gasteiger partial charge in [-0.3, -0.25) is 0 Å². The molecule has 0 aliphatic heterocycles. The van der Waals surface area contributed by atoms with Crippen LogP contribution in [-0.4, -0.2) is 9.55 Å². The second-order valence-electron chi connectivity index (χ2n) is 4.21. The van der Waals surface area contributed by atoms with Crippen LogP contribution in [0.1, 0.15) is 30.3 Å². The Morgan fingerprint density at radius 1 is 1.19 bits per heavy atom. The molecule has 0 saturated heterocycles. The molecule has 2 aromatic rings. The van der Waals surface area contributed by atoms with Crippen molar-refractivity contribution in [3.63, 3.8) is 0 Å². The summed E-state index contributed by atoms with van der Waals surface area (Å²) in [6, 6.07) is 8.69. The third-order valence-electron chi connectivity index (χ3n) is 2.75. The van der Waals surface area contributed by atoms with Crippen LogP contribution < -0.4 is 0 Å². The first-order valence-electron chi connectivity index (χ1n) is 5.85. The summed E-state index contributed by atoms with van der Waals surface area (Å²) >= 11 is 0. The summed E-state index contributed by atoms with van der Waals surface area (Å²) in [6.07, 6.45) is 6.15. The third-order valence-corrected chi connectivity index (χ3v) is 2.75. The van der Waals surface area contributed by atoms with Crippen LogP contribution in [0.4, 0.5) is 0 Å². The third kappa shape index (κ3) is 2.51. The molecule has 0 atom stereocenters. The van der Waals surface area contributed by atoms with Gasteiger partial charge in [-0.25, -0.2) is 4.98 Å². The Hall–Kier alpha value is -1.57. The summed E-state index contributed by atoms with van der Waals surface area (Å²) in [5.41, 5.74) is 2.64. The number of aryl methyl sites for hydroxylation is 2. The number of aromatic nitrogens is 2. The fourth-order valence-corrected chi connectivity index (χ4v) is 1.83. The minimum atomic E-state index is 0.926. The molecular weight excluding hydrogens is 196 g/mol. The van der Waals surface area contributed by atoms with Crippen LogP contribution in [0.5, 0.6) is 0 Å². The van der Waals surface area contributed by atoms with E-state index in [2.05, 4.69) is 53.9 Å². The summed E-state index contributed by atoms with van der Waals surface area (Å²) in [5.74, 6) is 1.18. The van der Waals surface area contributed by atoms with Crippen molar-refractivity contribution in [2.45, 2.75) is 33.2 Å². The molecule has 0 aliphatic carbocycles. The summed E-state index contributed by atoms with van der Waals surface area (Å²) in [4.78, 5) is 4.38. The predicted molar refractivity (Wildman–Crippen MR) is 66.5 cm³/mol. The largest absolute Gasteiger partial charge is 0.331 e. The SMILES string of the molecule is CCCc1nccn1Cc1ccc(C)cc1. The highest BCUT2D eigenvalue weighted by molar-refractivity contribution is 5.21. The molecule has 0 N–H and O–H groups in total. The molecule has 0 fully saturated rings. The fraction of sp³-hybridized carbons (Fsp3) is 0.357. The van der Waals surface area contributed by atoms with Crippen LogP contribution in [0.15, 0.2) is 36.7 Å². The van der Waals surface area contributed by atoms with Gasteiger partial charge in [0.2, 0.25) is 0 Å². The van der Waals surface area contributed by atoms with Crippen LogP contribution in [-0.2, 0) is 13.0 Å². The zero-order chi connectivity index (χ0) is 11.4. The molecule has 0 bridgehead atoms. The van der Waals surface area contributed by atoms with Crippen LogP contribution >= 0.6 is 0 Å². The molecule has 0 radical (unpaired) electrons. The molecule has 84 valence electrons. The van der Waals surface area contributed by atoms with Gasteiger partial charge in [0.05, 0.1) is 0 Å². The van der Waals surface area contributed by atoms with E-state index in [1.165, 1.54) is 17.0 Å². The number of rotatable bonds is 4. The molecule has 0 saturated carbocycles. The summed E-state index contributed by atoms with van der Waals surface area (Å²) < 4.78 is 2.23. The number of imidazole rings is 1. The summed E-state index contributed by atoms with van der Waals surface area (Å²) in [6.45, 7) is 5.23. The van der Waals surface area contributed by atoms with Crippen LogP contribution in [0, 0.1) is 6.92 Å². The molecule has 16 heavy (non-hydrogen) atoms. The van der Waals surface area contributed by atoms with Gasteiger partial charge in [0.25, 0.3) is 0 Å². The molecule has 1 aromatic heterocycles. The second kappa shape index (κ2) is 4.97. The van der Waals surface area contributed by atoms with Gasteiger partial charge in [0.15, 0.2) is 0 Å². The second-order valence-corrected chi connectivity index (χ2v) is 4.21. The van der Waals surface area contributed by atoms with Gasteiger partial charge >= 0.3 is 0 Å². The van der Waals surface area contributed by atoms with Gasteiger partial charge < -0.3 is 4.57 Å². The van der Waals surface area contributed by atoms with E-state index in [1.807, 2.05) is 6.20 Å². The molecule has 0 aliphatic rings. The van der Waals surface area contributed by atoms with E-state index in [1.54, 1.807) is 0 Å². The Morgan fingerprint density at radius 2 is 1.94 bits per heavy atom. The van der Waals surface area contributed by atoms with Gasteiger partial charge in [-0.2, -0.15) is 0 Å². The minimum Gasteiger partial charge on any atom is -0.331 e. The summed E-state index contributed by atoms with van der Waals surface area (Å²) in [7, 11) is 0. The lowest BCUT2D eigenvalue weighted by Gasteiger charge is -2.07. The topological polar surface area (TPSA) is 17.8 Å². The van der Waals surface area contributed by atoms with Gasteiger partial charge in [-0.1, -0.05) is 36.8 Å². The average Bonchev–Trinajstić information content (AvgIpc) is 2.70. The molecule has 1 aromatic carbocycles. The van der Waals surface area contributed by atoms with E-state index in [4.69, 9.17) is 0 Å². The normalized spacial score (nSPS) is 10.6. The standard InChI is InChI=1S/C14H18N2/c1-3-4-14-15-9-10-16(14)11-13-7-5-12(2)6-8-13/h5-10H,3-4,11H2,1-2H3. The average molecular weight is 214 g/mol. The van der Waals surface area contributed by atoms with Gasteiger partial charge in [0, 0.05) is 25.4 Å². The van der Waals surface area contributed by atoms with Gasteiger partial charge in [-0.05, 0) is 18.9 Å². The highest BCUT2D eigenvalue weighted by Gasteiger charge is 2.01.